The zero-order chi connectivity index (χ0) is 25.4. The fraction of sp³-hybridized carbons (Fsp3) is 0.280. The third kappa shape index (κ3) is 7.07. The van der Waals surface area contributed by atoms with Gasteiger partial charge in [-0.2, -0.15) is 0 Å². The lowest BCUT2D eigenvalue weighted by Crippen LogP contribution is -2.24. The molecule has 0 bridgehead atoms. The average Bonchev–Trinajstić information content (AvgIpc) is 3.26. The van der Waals surface area contributed by atoms with E-state index in [4.69, 9.17) is 15.2 Å². The van der Waals surface area contributed by atoms with Gasteiger partial charge in [0, 0.05) is 5.69 Å². The second-order valence-electron chi connectivity index (χ2n) is 8.04. The van der Waals surface area contributed by atoms with Gasteiger partial charge in [-0.3, -0.25) is 10.1 Å². The second-order valence-corrected chi connectivity index (χ2v) is 8.04. The number of imidazole rings is 1. The second kappa shape index (κ2) is 11.7. The van der Waals surface area contributed by atoms with Crippen LogP contribution in [-0.2, 0) is 14.3 Å². The van der Waals surface area contributed by atoms with Crippen LogP contribution in [0.15, 0.2) is 54.7 Å². The first-order chi connectivity index (χ1) is 16.8. The Kier molecular flexibility index (Phi) is 8.44. The molecule has 0 aliphatic carbocycles. The predicted octanol–water partition coefficient (Wildman–Crippen LogP) is 3.74. The Morgan fingerprint density at radius 1 is 1.00 bits per heavy atom. The van der Waals surface area contributed by atoms with Crippen LogP contribution in [0.4, 0.5) is 16.3 Å². The van der Waals surface area contributed by atoms with Gasteiger partial charge in [0.15, 0.2) is 6.61 Å². The summed E-state index contributed by atoms with van der Waals surface area (Å²) in [6.07, 6.45) is 1.41. The topological polar surface area (TPSA) is 148 Å². The van der Waals surface area contributed by atoms with Gasteiger partial charge in [-0.15, -0.1) is 0 Å². The SMILES string of the molecule is CCOC(=O)COc1ccc(C(C(N)=O)c2ncc(NC(=O)Nc3ccc(C(C)C)cc3)[nH]2)cc1. The Bertz CT molecular complexity index is 1160. The molecule has 0 aliphatic rings. The molecule has 0 radical (unpaired) electrons. The minimum Gasteiger partial charge on any atom is -0.482 e. The molecule has 0 aliphatic heterocycles. The number of ether oxygens (including phenoxy) is 2. The molecular weight excluding hydrogens is 450 g/mol. The Morgan fingerprint density at radius 2 is 1.66 bits per heavy atom. The molecule has 3 amide bonds. The van der Waals surface area contributed by atoms with Crippen LogP contribution in [0.2, 0.25) is 0 Å². The minimum atomic E-state index is -0.878. The van der Waals surface area contributed by atoms with Crippen molar-refractivity contribution in [3.05, 3.63) is 71.7 Å². The number of anilines is 2. The number of nitrogens with one attached hydrogen (secondary N) is 3. The predicted molar refractivity (Wildman–Crippen MR) is 131 cm³/mol. The smallest absolute Gasteiger partial charge is 0.344 e. The van der Waals surface area contributed by atoms with Gasteiger partial charge in [-0.05, 0) is 48.2 Å². The molecule has 2 aromatic carbocycles. The Balaban J connectivity index is 1.63. The summed E-state index contributed by atoms with van der Waals surface area (Å²) in [5.41, 5.74) is 8.01. The fourth-order valence-corrected chi connectivity index (χ4v) is 3.34. The summed E-state index contributed by atoms with van der Waals surface area (Å²) in [4.78, 5) is 43.1. The number of amides is 3. The molecule has 3 rings (SSSR count). The monoisotopic (exact) mass is 479 g/mol. The Labute approximate surface area is 203 Å². The maximum absolute atomic E-state index is 12.4. The highest BCUT2D eigenvalue weighted by molar-refractivity contribution is 5.99. The van der Waals surface area contributed by atoms with Gasteiger partial charge >= 0.3 is 12.0 Å². The highest BCUT2D eigenvalue weighted by Crippen LogP contribution is 2.25. The number of nitrogens with zero attached hydrogens (tertiary/aromatic N) is 1. The van der Waals surface area contributed by atoms with E-state index < -0.39 is 23.8 Å². The normalized spacial score (nSPS) is 11.5. The summed E-state index contributed by atoms with van der Waals surface area (Å²) >= 11 is 0. The van der Waals surface area contributed by atoms with Gasteiger partial charge < -0.3 is 25.5 Å². The molecule has 35 heavy (non-hydrogen) atoms. The number of carbonyl (C=O) groups excluding carboxylic acids is 3. The van der Waals surface area contributed by atoms with E-state index in [1.54, 1.807) is 31.2 Å². The molecule has 184 valence electrons. The van der Waals surface area contributed by atoms with Crippen molar-refractivity contribution in [2.24, 2.45) is 5.73 Å². The number of aromatic amines is 1. The van der Waals surface area contributed by atoms with Gasteiger partial charge in [0.05, 0.1) is 12.8 Å². The molecule has 0 saturated heterocycles. The number of urea groups is 1. The highest BCUT2D eigenvalue weighted by Gasteiger charge is 2.24. The van der Waals surface area contributed by atoms with Crippen LogP contribution < -0.4 is 21.1 Å². The summed E-state index contributed by atoms with van der Waals surface area (Å²) in [5, 5.41) is 5.40. The van der Waals surface area contributed by atoms with E-state index in [1.807, 2.05) is 24.3 Å². The quantitative estimate of drug-likeness (QED) is 0.326. The van der Waals surface area contributed by atoms with Crippen LogP contribution in [0.25, 0.3) is 0 Å². The van der Waals surface area contributed by atoms with Crippen LogP contribution in [0.3, 0.4) is 0 Å². The van der Waals surface area contributed by atoms with E-state index in [0.29, 0.717) is 28.7 Å². The number of hydrogen-bond donors (Lipinski definition) is 4. The van der Waals surface area contributed by atoms with Crippen LogP contribution >= 0.6 is 0 Å². The van der Waals surface area contributed by atoms with Crippen LogP contribution in [0.1, 0.15) is 49.6 Å². The summed E-state index contributed by atoms with van der Waals surface area (Å²) in [6, 6.07) is 13.6. The van der Waals surface area contributed by atoms with E-state index in [9.17, 15) is 14.4 Å². The maximum atomic E-state index is 12.4. The van der Waals surface area contributed by atoms with Crippen LogP contribution in [0, 0.1) is 0 Å². The summed E-state index contributed by atoms with van der Waals surface area (Å²) in [7, 11) is 0. The van der Waals surface area contributed by atoms with E-state index in [1.165, 1.54) is 11.8 Å². The zero-order valence-corrected chi connectivity index (χ0v) is 19.8. The number of aromatic nitrogens is 2. The number of benzene rings is 2. The molecule has 1 atom stereocenters. The summed E-state index contributed by atoms with van der Waals surface area (Å²) < 4.78 is 10.2. The molecular formula is C25H29N5O5. The van der Waals surface area contributed by atoms with E-state index in [0.717, 1.165) is 0 Å². The average molecular weight is 480 g/mol. The number of rotatable bonds is 10. The van der Waals surface area contributed by atoms with Crippen molar-refractivity contribution in [2.45, 2.75) is 32.6 Å². The van der Waals surface area contributed by atoms with Crippen molar-refractivity contribution < 1.29 is 23.9 Å². The first kappa shape index (κ1) is 25.3. The fourth-order valence-electron chi connectivity index (χ4n) is 3.34. The first-order valence-corrected chi connectivity index (χ1v) is 11.2. The van der Waals surface area contributed by atoms with E-state index in [2.05, 4.69) is 34.4 Å². The number of hydrogen-bond acceptors (Lipinski definition) is 6. The van der Waals surface area contributed by atoms with Gasteiger partial charge in [0.2, 0.25) is 5.91 Å². The summed E-state index contributed by atoms with van der Waals surface area (Å²) in [6.45, 7) is 5.96. The molecule has 10 heteroatoms. The van der Waals surface area contributed by atoms with Crippen molar-refractivity contribution in [1.82, 2.24) is 9.97 Å². The van der Waals surface area contributed by atoms with Crippen molar-refractivity contribution in [1.29, 1.82) is 0 Å². The maximum Gasteiger partial charge on any atom is 0.344 e. The van der Waals surface area contributed by atoms with Gasteiger partial charge in [0.1, 0.15) is 23.3 Å². The molecule has 3 aromatic rings. The lowest BCUT2D eigenvalue weighted by Gasteiger charge is -2.13. The van der Waals surface area contributed by atoms with Gasteiger partial charge in [-0.1, -0.05) is 38.1 Å². The van der Waals surface area contributed by atoms with Crippen molar-refractivity contribution >= 4 is 29.4 Å². The molecule has 1 unspecified atom stereocenters. The number of primary amides is 1. The molecule has 0 saturated carbocycles. The van der Waals surface area contributed by atoms with Gasteiger partial charge in [0.25, 0.3) is 0 Å². The van der Waals surface area contributed by atoms with Crippen molar-refractivity contribution in [3.63, 3.8) is 0 Å². The zero-order valence-electron chi connectivity index (χ0n) is 19.8. The van der Waals surface area contributed by atoms with Crippen molar-refractivity contribution in [2.75, 3.05) is 23.8 Å². The molecule has 10 nitrogen and oxygen atoms in total. The Hall–Kier alpha value is -4.34. The number of H-pyrrole nitrogens is 1. The number of esters is 1. The molecule has 5 N–H and O–H groups in total. The largest absolute Gasteiger partial charge is 0.482 e. The lowest BCUT2D eigenvalue weighted by atomic mass is 9.98. The first-order valence-electron chi connectivity index (χ1n) is 11.2. The van der Waals surface area contributed by atoms with Gasteiger partial charge in [-0.25, -0.2) is 14.6 Å². The van der Waals surface area contributed by atoms with E-state index >= 15 is 0 Å². The molecule has 1 heterocycles. The standard InChI is InChI=1S/C25H29N5O5/c1-4-34-21(31)14-35-19-11-7-17(8-12-19)22(23(26)32)24-27-13-20(29-24)30-25(33)28-18-9-5-16(6-10-18)15(2)3/h5-13,15,22H,4,14H2,1-3H3,(H2,26,32)(H,27,29)(H2,28,30,33). The third-order valence-corrected chi connectivity index (χ3v) is 5.11. The minimum absolute atomic E-state index is 0.219. The number of carbonyl (C=O) groups is 3. The third-order valence-electron chi connectivity index (χ3n) is 5.11. The van der Waals surface area contributed by atoms with E-state index in [-0.39, 0.29) is 19.0 Å². The van der Waals surface area contributed by atoms with Crippen LogP contribution in [0.5, 0.6) is 5.75 Å². The van der Waals surface area contributed by atoms with Crippen molar-refractivity contribution in [3.8, 4) is 5.75 Å². The molecule has 0 spiro atoms. The lowest BCUT2D eigenvalue weighted by molar-refractivity contribution is -0.145. The summed E-state index contributed by atoms with van der Waals surface area (Å²) in [5.74, 6) is -0.570. The Morgan fingerprint density at radius 3 is 2.26 bits per heavy atom. The molecule has 0 fully saturated rings. The highest BCUT2D eigenvalue weighted by atomic mass is 16.6. The number of nitrogens with two attached hydrogens (primary N) is 1. The molecule has 1 aromatic heterocycles. The van der Waals surface area contributed by atoms with Crippen LogP contribution in [-0.4, -0.2) is 41.1 Å².